The first kappa shape index (κ1) is 10.2. The molecule has 14 heavy (non-hydrogen) atoms. The lowest BCUT2D eigenvalue weighted by molar-refractivity contribution is 0.476. The summed E-state index contributed by atoms with van der Waals surface area (Å²) in [6, 6.07) is 7.02. The highest BCUT2D eigenvalue weighted by Gasteiger charge is 2.33. The van der Waals surface area contributed by atoms with Gasteiger partial charge in [-0.3, -0.25) is 0 Å². The Balaban J connectivity index is 2.43. The third-order valence-electron chi connectivity index (χ3n) is 2.63. The largest absolute Gasteiger partial charge is 0.223 e. The number of sulfone groups is 1. The third kappa shape index (κ3) is 1.61. The topological polar surface area (TPSA) is 34.1 Å². The van der Waals surface area contributed by atoms with Crippen molar-refractivity contribution in [3.8, 4) is 0 Å². The molecule has 1 aliphatic rings. The monoisotopic (exact) mass is 274 g/mol. The fourth-order valence-electron chi connectivity index (χ4n) is 1.54. The summed E-state index contributed by atoms with van der Waals surface area (Å²) in [5.41, 5.74) is 0. The molecule has 4 heteroatoms. The highest BCUT2D eigenvalue weighted by molar-refractivity contribution is 9.10. The van der Waals surface area contributed by atoms with Crippen LogP contribution in [-0.2, 0) is 9.84 Å². The Bertz CT molecular complexity index is 435. The highest BCUT2D eigenvalue weighted by atomic mass is 79.9. The molecule has 2 nitrogen and oxygen atoms in total. The molecule has 0 heterocycles. The Kier molecular flexibility index (Phi) is 2.66. The number of halogens is 1. The van der Waals surface area contributed by atoms with Crippen LogP contribution in [0.5, 0.6) is 0 Å². The van der Waals surface area contributed by atoms with Gasteiger partial charge in [0.2, 0.25) is 0 Å². The van der Waals surface area contributed by atoms with E-state index in [1.165, 1.54) is 0 Å². The second-order valence-corrected chi connectivity index (χ2v) is 6.58. The second kappa shape index (κ2) is 3.66. The molecule has 2 rings (SSSR count). The molecule has 0 aromatic heterocycles. The van der Waals surface area contributed by atoms with Crippen LogP contribution in [0.4, 0.5) is 0 Å². The number of hydrogen-bond donors (Lipinski definition) is 0. The van der Waals surface area contributed by atoms with E-state index in [-0.39, 0.29) is 5.25 Å². The van der Waals surface area contributed by atoms with E-state index in [0.717, 1.165) is 19.3 Å². The molecule has 0 bridgehead atoms. The van der Waals surface area contributed by atoms with E-state index in [4.69, 9.17) is 0 Å². The Morgan fingerprint density at radius 3 is 2.36 bits per heavy atom. The van der Waals surface area contributed by atoms with E-state index in [1.807, 2.05) is 6.07 Å². The molecule has 1 aromatic carbocycles. The van der Waals surface area contributed by atoms with E-state index in [9.17, 15) is 8.42 Å². The van der Waals surface area contributed by atoms with Crippen LogP contribution in [-0.4, -0.2) is 13.7 Å². The molecule has 0 unspecified atom stereocenters. The van der Waals surface area contributed by atoms with Crippen molar-refractivity contribution in [2.24, 2.45) is 0 Å². The van der Waals surface area contributed by atoms with Gasteiger partial charge in [-0.1, -0.05) is 18.6 Å². The summed E-state index contributed by atoms with van der Waals surface area (Å²) < 4.78 is 24.7. The van der Waals surface area contributed by atoms with Crippen LogP contribution in [0.1, 0.15) is 19.3 Å². The summed E-state index contributed by atoms with van der Waals surface area (Å²) in [7, 11) is -3.08. The van der Waals surface area contributed by atoms with Gasteiger partial charge in [-0.05, 0) is 40.9 Å². The first-order valence-electron chi connectivity index (χ1n) is 4.61. The van der Waals surface area contributed by atoms with Crippen molar-refractivity contribution in [2.45, 2.75) is 29.4 Å². The molecule has 0 radical (unpaired) electrons. The maximum atomic E-state index is 12.0. The fraction of sp³-hybridized carbons (Fsp3) is 0.400. The molecule has 1 aromatic rings. The van der Waals surface area contributed by atoms with Gasteiger partial charge in [-0.25, -0.2) is 8.42 Å². The molecule has 0 amide bonds. The van der Waals surface area contributed by atoms with E-state index in [1.54, 1.807) is 18.2 Å². The summed E-state index contributed by atoms with van der Waals surface area (Å²) in [6.45, 7) is 0. The Hall–Kier alpha value is -0.350. The van der Waals surface area contributed by atoms with Crippen molar-refractivity contribution in [2.75, 3.05) is 0 Å². The normalized spacial score (nSPS) is 17.8. The van der Waals surface area contributed by atoms with Crippen molar-refractivity contribution in [3.63, 3.8) is 0 Å². The molecule has 0 saturated heterocycles. The van der Waals surface area contributed by atoms with Gasteiger partial charge < -0.3 is 0 Å². The van der Waals surface area contributed by atoms with Crippen molar-refractivity contribution < 1.29 is 8.42 Å². The Labute approximate surface area is 92.4 Å². The van der Waals surface area contributed by atoms with Crippen LogP contribution < -0.4 is 0 Å². The van der Waals surface area contributed by atoms with E-state index in [0.29, 0.717) is 9.37 Å². The predicted octanol–water partition coefficient (Wildman–Crippen LogP) is 2.78. The van der Waals surface area contributed by atoms with E-state index in [2.05, 4.69) is 15.9 Å². The quantitative estimate of drug-likeness (QED) is 0.831. The maximum absolute atomic E-state index is 12.0. The molecule has 0 atom stereocenters. The van der Waals surface area contributed by atoms with Gasteiger partial charge in [0, 0.05) is 4.47 Å². The summed E-state index contributed by atoms with van der Waals surface area (Å²) in [5, 5.41) is -0.152. The molecule has 76 valence electrons. The van der Waals surface area contributed by atoms with E-state index < -0.39 is 9.84 Å². The van der Waals surface area contributed by atoms with Crippen LogP contribution in [0.2, 0.25) is 0 Å². The summed E-state index contributed by atoms with van der Waals surface area (Å²) in [6.07, 6.45) is 2.65. The molecular weight excluding hydrogens is 264 g/mol. The number of hydrogen-bond acceptors (Lipinski definition) is 2. The van der Waals surface area contributed by atoms with Gasteiger partial charge in [0.15, 0.2) is 9.84 Å². The first-order valence-corrected chi connectivity index (χ1v) is 6.95. The zero-order valence-electron chi connectivity index (χ0n) is 7.61. The van der Waals surface area contributed by atoms with Crippen molar-refractivity contribution in [3.05, 3.63) is 28.7 Å². The van der Waals surface area contributed by atoms with Crippen molar-refractivity contribution in [1.29, 1.82) is 0 Å². The molecular formula is C10H11BrO2S. The first-order chi connectivity index (χ1) is 6.62. The number of benzene rings is 1. The maximum Gasteiger partial charge on any atom is 0.182 e. The van der Waals surface area contributed by atoms with Crippen LogP contribution in [0.3, 0.4) is 0 Å². The smallest absolute Gasteiger partial charge is 0.182 e. The molecule has 1 aliphatic carbocycles. The van der Waals surface area contributed by atoms with Gasteiger partial charge in [0.1, 0.15) is 0 Å². The standard InChI is InChI=1S/C10H11BrO2S/c11-9-6-1-2-7-10(9)14(12,13)8-4-3-5-8/h1-2,6-8H,3-5H2. The van der Waals surface area contributed by atoms with Crippen LogP contribution in [0.25, 0.3) is 0 Å². The summed E-state index contributed by atoms with van der Waals surface area (Å²) in [4.78, 5) is 0.435. The molecule has 1 saturated carbocycles. The molecule has 1 fully saturated rings. The second-order valence-electron chi connectivity index (χ2n) is 3.53. The lowest BCUT2D eigenvalue weighted by Gasteiger charge is -2.25. The minimum atomic E-state index is -3.08. The average molecular weight is 275 g/mol. The van der Waals surface area contributed by atoms with E-state index >= 15 is 0 Å². The van der Waals surface area contributed by atoms with Crippen molar-refractivity contribution in [1.82, 2.24) is 0 Å². The average Bonchev–Trinajstić information content (AvgIpc) is 2.00. The van der Waals surface area contributed by atoms with Gasteiger partial charge in [0.25, 0.3) is 0 Å². The van der Waals surface area contributed by atoms with Gasteiger partial charge in [0.05, 0.1) is 10.1 Å². The SMILES string of the molecule is O=S(=O)(c1ccccc1Br)C1CCC1. The van der Waals surface area contributed by atoms with Crippen LogP contribution in [0, 0.1) is 0 Å². The summed E-state index contributed by atoms with van der Waals surface area (Å²) >= 11 is 3.27. The Morgan fingerprint density at radius 2 is 1.86 bits per heavy atom. The molecule has 0 N–H and O–H groups in total. The number of rotatable bonds is 2. The molecule has 0 aliphatic heterocycles. The lowest BCUT2D eigenvalue weighted by Crippen LogP contribution is -2.28. The minimum Gasteiger partial charge on any atom is -0.223 e. The summed E-state index contributed by atoms with van der Waals surface area (Å²) in [5.74, 6) is 0. The van der Waals surface area contributed by atoms with Gasteiger partial charge >= 0.3 is 0 Å². The van der Waals surface area contributed by atoms with Gasteiger partial charge in [-0.2, -0.15) is 0 Å². The zero-order chi connectivity index (χ0) is 10.2. The minimum absolute atomic E-state index is 0.152. The van der Waals surface area contributed by atoms with Crippen molar-refractivity contribution >= 4 is 25.8 Å². The Morgan fingerprint density at radius 1 is 1.21 bits per heavy atom. The van der Waals surface area contributed by atoms with Crippen LogP contribution in [0.15, 0.2) is 33.6 Å². The fourth-order valence-corrected chi connectivity index (χ4v) is 4.42. The highest BCUT2D eigenvalue weighted by Crippen LogP contribution is 2.33. The van der Waals surface area contributed by atoms with Crippen LogP contribution >= 0.6 is 15.9 Å². The third-order valence-corrected chi connectivity index (χ3v) is 5.91. The van der Waals surface area contributed by atoms with Gasteiger partial charge in [-0.15, -0.1) is 0 Å². The predicted molar refractivity (Wildman–Crippen MR) is 59.0 cm³/mol. The lowest BCUT2D eigenvalue weighted by atomic mass is 10.00. The zero-order valence-corrected chi connectivity index (χ0v) is 10.0. The molecule has 0 spiro atoms.